The van der Waals surface area contributed by atoms with Gasteiger partial charge >= 0.3 is 0 Å². The Morgan fingerprint density at radius 3 is 3.14 bits per heavy atom. The van der Waals surface area contributed by atoms with Crippen LogP contribution in [0.2, 0.25) is 0 Å². The van der Waals surface area contributed by atoms with Gasteiger partial charge in [0.1, 0.15) is 5.51 Å². The van der Waals surface area contributed by atoms with Gasteiger partial charge in [-0.05, 0) is 6.92 Å². The third-order valence-corrected chi connectivity index (χ3v) is 4.23. The van der Waals surface area contributed by atoms with E-state index in [1.807, 2.05) is 13.1 Å². The minimum atomic E-state index is -0.172. The molecule has 118 valence electrons. The smallest absolute Gasteiger partial charge is 0.272 e. The van der Waals surface area contributed by atoms with E-state index in [1.54, 1.807) is 17.2 Å². The Bertz CT molecular complexity index is 641. The lowest BCUT2D eigenvalue weighted by Gasteiger charge is -2.32. The molecule has 1 fully saturated rings. The van der Waals surface area contributed by atoms with Crippen molar-refractivity contribution in [3.63, 3.8) is 0 Å². The molecule has 1 amide bonds. The van der Waals surface area contributed by atoms with E-state index in [-0.39, 0.29) is 12.0 Å². The molecule has 9 heteroatoms. The summed E-state index contributed by atoms with van der Waals surface area (Å²) in [6, 6.07) is 0. The van der Waals surface area contributed by atoms with E-state index >= 15 is 0 Å². The molecule has 2 aromatic heterocycles. The summed E-state index contributed by atoms with van der Waals surface area (Å²) >= 11 is 1.51. The summed E-state index contributed by atoms with van der Waals surface area (Å²) in [5.74, 6) is -0.172. The number of ether oxygens (including phenoxy) is 1. The Balaban J connectivity index is 1.55. The zero-order chi connectivity index (χ0) is 15.5. The number of rotatable bonds is 4. The maximum atomic E-state index is 12.2. The molecule has 2 aromatic rings. The second kappa shape index (κ2) is 6.41. The molecule has 0 saturated carbocycles. The molecule has 0 spiro atoms. The summed E-state index contributed by atoms with van der Waals surface area (Å²) in [5.41, 5.74) is 3.03. The highest BCUT2D eigenvalue weighted by atomic mass is 32.1. The van der Waals surface area contributed by atoms with Gasteiger partial charge in [0.05, 0.1) is 12.7 Å². The molecule has 22 heavy (non-hydrogen) atoms. The van der Waals surface area contributed by atoms with Gasteiger partial charge in [0, 0.05) is 38.4 Å². The Hall–Kier alpha value is -2.00. The van der Waals surface area contributed by atoms with Crippen LogP contribution < -0.4 is 10.2 Å². The maximum Gasteiger partial charge on any atom is 0.272 e. The van der Waals surface area contributed by atoms with Crippen molar-refractivity contribution >= 4 is 22.4 Å². The predicted molar refractivity (Wildman–Crippen MR) is 82.1 cm³/mol. The fraction of sp³-hybridized carbons (Fsp3) is 0.538. The van der Waals surface area contributed by atoms with Crippen molar-refractivity contribution in [3.8, 4) is 0 Å². The van der Waals surface area contributed by atoms with E-state index in [0.717, 1.165) is 17.2 Å². The van der Waals surface area contributed by atoms with Gasteiger partial charge in [-0.1, -0.05) is 11.3 Å². The van der Waals surface area contributed by atoms with Crippen LogP contribution in [-0.2, 0) is 11.8 Å². The lowest BCUT2D eigenvalue weighted by molar-refractivity contribution is 0.0396. The second-order valence-electron chi connectivity index (χ2n) is 5.20. The van der Waals surface area contributed by atoms with Gasteiger partial charge < -0.3 is 15.0 Å². The fourth-order valence-electron chi connectivity index (χ4n) is 2.44. The van der Waals surface area contributed by atoms with E-state index < -0.39 is 0 Å². The third-order valence-electron chi connectivity index (χ3n) is 3.47. The number of aromatic nitrogens is 4. The largest absolute Gasteiger partial charge is 0.373 e. The van der Waals surface area contributed by atoms with Crippen molar-refractivity contribution in [2.24, 2.45) is 7.05 Å². The monoisotopic (exact) mass is 322 g/mol. The normalized spacial score (nSPS) is 18.5. The minimum absolute atomic E-state index is 0.0642. The molecule has 3 rings (SSSR count). The molecule has 8 nitrogen and oxygen atoms in total. The van der Waals surface area contributed by atoms with Crippen LogP contribution in [0.5, 0.6) is 0 Å². The van der Waals surface area contributed by atoms with Crippen LogP contribution in [0.25, 0.3) is 0 Å². The standard InChI is InChI=1S/C13H18N6O2S/c1-9-6-18(2)17-11(9)12(20)14-5-10-7-19(3-4-21-10)13-16-15-8-22-13/h6,8,10H,3-5,7H2,1-2H3,(H,14,20)/t10-/m0/s1. The molecule has 0 aliphatic carbocycles. The lowest BCUT2D eigenvalue weighted by atomic mass is 10.2. The van der Waals surface area contributed by atoms with Crippen LogP contribution in [0.3, 0.4) is 0 Å². The molecule has 1 saturated heterocycles. The van der Waals surface area contributed by atoms with Crippen molar-refractivity contribution in [1.29, 1.82) is 0 Å². The Kier molecular flexibility index (Phi) is 4.34. The summed E-state index contributed by atoms with van der Waals surface area (Å²) in [6.07, 6.45) is 1.76. The molecule has 0 radical (unpaired) electrons. The number of carbonyl (C=O) groups is 1. The summed E-state index contributed by atoms with van der Waals surface area (Å²) in [7, 11) is 1.80. The van der Waals surface area contributed by atoms with Crippen LogP contribution >= 0.6 is 11.3 Å². The minimum Gasteiger partial charge on any atom is -0.373 e. The van der Waals surface area contributed by atoms with Crippen molar-refractivity contribution in [3.05, 3.63) is 23.0 Å². The zero-order valence-corrected chi connectivity index (χ0v) is 13.3. The SMILES string of the molecule is Cc1cn(C)nc1C(=O)NC[C@H]1CN(c2nncs2)CCO1. The van der Waals surface area contributed by atoms with Crippen LogP contribution in [0.1, 0.15) is 16.1 Å². The highest BCUT2D eigenvalue weighted by Gasteiger charge is 2.23. The Morgan fingerprint density at radius 1 is 1.59 bits per heavy atom. The van der Waals surface area contributed by atoms with Gasteiger partial charge in [-0.3, -0.25) is 9.48 Å². The molecule has 1 aliphatic rings. The average molecular weight is 322 g/mol. The van der Waals surface area contributed by atoms with Crippen LogP contribution in [-0.4, -0.2) is 58.2 Å². The summed E-state index contributed by atoms with van der Waals surface area (Å²) in [6.45, 7) is 4.42. The highest BCUT2D eigenvalue weighted by Crippen LogP contribution is 2.18. The highest BCUT2D eigenvalue weighted by molar-refractivity contribution is 7.13. The van der Waals surface area contributed by atoms with Gasteiger partial charge in [0.2, 0.25) is 5.13 Å². The molecular formula is C13H18N6O2S. The fourth-order valence-corrected chi connectivity index (χ4v) is 3.04. The molecule has 0 bridgehead atoms. The molecule has 3 heterocycles. The van der Waals surface area contributed by atoms with Gasteiger partial charge in [-0.25, -0.2) is 0 Å². The lowest BCUT2D eigenvalue weighted by Crippen LogP contribution is -2.47. The first-order valence-corrected chi connectivity index (χ1v) is 7.92. The van der Waals surface area contributed by atoms with E-state index in [0.29, 0.717) is 25.4 Å². The molecule has 1 N–H and O–H groups in total. The van der Waals surface area contributed by atoms with E-state index in [1.165, 1.54) is 11.3 Å². The number of carbonyl (C=O) groups excluding carboxylic acids is 1. The van der Waals surface area contributed by atoms with Gasteiger partial charge in [-0.2, -0.15) is 5.10 Å². The summed E-state index contributed by atoms with van der Waals surface area (Å²) in [5, 5.41) is 15.9. The van der Waals surface area contributed by atoms with Crippen molar-refractivity contribution in [2.45, 2.75) is 13.0 Å². The first-order valence-electron chi connectivity index (χ1n) is 7.04. The number of anilines is 1. The van der Waals surface area contributed by atoms with Gasteiger partial charge in [0.25, 0.3) is 5.91 Å². The molecular weight excluding hydrogens is 304 g/mol. The molecule has 1 aliphatic heterocycles. The summed E-state index contributed by atoms with van der Waals surface area (Å²) < 4.78 is 7.34. The van der Waals surface area contributed by atoms with Gasteiger partial charge in [-0.15, -0.1) is 10.2 Å². The van der Waals surface area contributed by atoms with Crippen LogP contribution in [0, 0.1) is 6.92 Å². The summed E-state index contributed by atoms with van der Waals surface area (Å²) in [4.78, 5) is 14.3. The maximum absolute atomic E-state index is 12.2. The van der Waals surface area contributed by atoms with Crippen molar-refractivity contribution in [2.75, 3.05) is 31.1 Å². The average Bonchev–Trinajstić information content (AvgIpc) is 3.15. The Morgan fingerprint density at radius 2 is 2.45 bits per heavy atom. The zero-order valence-electron chi connectivity index (χ0n) is 12.5. The van der Waals surface area contributed by atoms with Gasteiger partial charge in [0.15, 0.2) is 5.69 Å². The number of morpholine rings is 1. The molecule has 1 atom stereocenters. The number of hydrogen-bond donors (Lipinski definition) is 1. The van der Waals surface area contributed by atoms with Crippen LogP contribution in [0.15, 0.2) is 11.7 Å². The predicted octanol–water partition coefficient (Wildman–Crippen LogP) is 0.215. The number of hydrogen-bond acceptors (Lipinski definition) is 7. The van der Waals surface area contributed by atoms with Crippen molar-refractivity contribution < 1.29 is 9.53 Å². The Labute approximate surface area is 132 Å². The van der Waals surface area contributed by atoms with Crippen LogP contribution in [0.4, 0.5) is 5.13 Å². The molecule has 0 unspecified atom stereocenters. The number of nitrogens with zero attached hydrogens (tertiary/aromatic N) is 5. The van der Waals surface area contributed by atoms with E-state index in [2.05, 4.69) is 25.5 Å². The third kappa shape index (κ3) is 3.25. The quantitative estimate of drug-likeness (QED) is 0.866. The number of amides is 1. The van der Waals surface area contributed by atoms with E-state index in [9.17, 15) is 4.79 Å². The topological polar surface area (TPSA) is 85.2 Å². The van der Waals surface area contributed by atoms with Crippen molar-refractivity contribution in [1.82, 2.24) is 25.3 Å². The number of aryl methyl sites for hydroxylation is 2. The molecule has 0 aromatic carbocycles. The first-order chi connectivity index (χ1) is 10.6. The number of nitrogens with one attached hydrogen (secondary N) is 1. The van der Waals surface area contributed by atoms with E-state index in [4.69, 9.17) is 4.74 Å². The second-order valence-corrected chi connectivity index (χ2v) is 6.02. The first kappa shape index (κ1) is 14.9.